The summed E-state index contributed by atoms with van der Waals surface area (Å²) in [5.74, 6) is -1.77. The van der Waals surface area contributed by atoms with E-state index >= 15 is 0 Å². The molecule has 224 valence electrons. The molecule has 0 radical (unpaired) electrons. The lowest BCUT2D eigenvalue weighted by atomic mass is 10.1. The topological polar surface area (TPSA) is 86.8 Å². The van der Waals surface area contributed by atoms with Crippen LogP contribution in [0.2, 0.25) is 15.1 Å². The Morgan fingerprint density at radius 2 is 1.60 bits per heavy atom. The molecule has 0 aromatic heterocycles. The number of hydrogen-bond acceptors (Lipinski definition) is 4. The summed E-state index contributed by atoms with van der Waals surface area (Å²) in [5, 5.41) is 3.33. The Kier molecular flexibility index (Phi) is 10.8. The molecule has 3 aromatic carbocycles. The third-order valence-electron chi connectivity index (χ3n) is 7.28. The van der Waals surface area contributed by atoms with Crippen LogP contribution < -0.4 is 9.62 Å². The number of halogens is 4. The van der Waals surface area contributed by atoms with Crippen LogP contribution in [0, 0.1) is 5.82 Å². The molecule has 12 heteroatoms. The molecule has 0 saturated heterocycles. The van der Waals surface area contributed by atoms with Gasteiger partial charge in [-0.1, -0.05) is 78.8 Å². The Hall–Kier alpha value is -2.85. The van der Waals surface area contributed by atoms with Crippen molar-refractivity contribution < 1.29 is 22.4 Å². The van der Waals surface area contributed by atoms with Crippen LogP contribution in [0.3, 0.4) is 0 Å². The molecule has 1 saturated carbocycles. The van der Waals surface area contributed by atoms with Crippen molar-refractivity contribution in [1.29, 1.82) is 0 Å². The number of amides is 2. The average molecular weight is 655 g/mol. The van der Waals surface area contributed by atoms with E-state index in [9.17, 15) is 22.4 Å². The molecular weight excluding hydrogens is 624 g/mol. The van der Waals surface area contributed by atoms with Crippen LogP contribution in [-0.4, -0.2) is 43.8 Å². The number of nitrogens with one attached hydrogen (secondary N) is 1. The number of carbonyl (C=O) groups excluding carboxylic acids is 2. The van der Waals surface area contributed by atoms with Crippen molar-refractivity contribution in [2.45, 2.75) is 62.6 Å². The van der Waals surface area contributed by atoms with Gasteiger partial charge in [0.2, 0.25) is 11.8 Å². The summed E-state index contributed by atoms with van der Waals surface area (Å²) in [6.07, 6.45) is 3.96. The largest absolute Gasteiger partial charge is 0.352 e. The minimum absolute atomic E-state index is 0.00344. The van der Waals surface area contributed by atoms with Crippen LogP contribution in [0.1, 0.15) is 44.6 Å². The first kappa shape index (κ1) is 32.1. The van der Waals surface area contributed by atoms with Crippen molar-refractivity contribution in [3.8, 4) is 0 Å². The molecule has 3 aromatic rings. The monoisotopic (exact) mass is 653 g/mol. The molecule has 2 amide bonds. The fourth-order valence-electron chi connectivity index (χ4n) is 5.03. The Morgan fingerprint density at radius 1 is 0.952 bits per heavy atom. The highest BCUT2D eigenvalue weighted by Gasteiger charge is 2.35. The predicted octanol–water partition coefficient (Wildman–Crippen LogP) is 6.85. The van der Waals surface area contributed by atoms with Gasteiger partial charge in [-0.3, -0.25) is 13.9 Å². The number of carbonyl (C=O) groups is 2. The minimum Gasteiger partial charge on any atom is -0.352 e. The van der Waals surface area contributed by atoms with E-state index in [1.54, 1.807) is 43.3 Å². The first-order valence-corrected chi connectivity index (χ1v) is 16.2. The van der Waals surface area contributed by atoms with Gasteiger partial charge in [0.1, 0.15) is 18.4 Å². The summed E-state index contributed by atoms with van der Waals surface area (Å²) in [6, 6.07) is 14.9. The van der Waals surface area contributed by atoms with Crippen molar-refractivity contribution >= 4 is 62.3 Å². The van der Waals surface area contributed by atoms with E-state index < -0.39 is 34.3 Å². The summed E-state index contributed by atoms with van der Waals surface area (Å²) in [6.45, 7) is 0.928. The van der Waals surface area contributed by atoms with E-state index in [1.165, 1.54) is 23.1 Å². The van der Waals surface area contributed by atoms with Gasteiger partial charge in [-0.05, 0) is 61.7 Å². The first-order chi connectivity index (χ1) is 20.0. The fraction of sp³-hybridized carbons (Fsp3) is 0.333. The summed E-state index contributed by atoms with van der Waals surface area (Å²) < 4.78 is 42.6. The molecule has 1 N–H and O–H groups in total. The van der Waals surface area contributed by atoms with E-state index in [-0.39, 0.29) is 40.5 Å². The van der Waals surface area contributed by atoms with Gasteiger partial charge >= 0.3 is 0 Å². The molecule has 0 bridgehead atoms. The van der Waals surface area contributed by atoms with Crippen molar-refractivity contribution in [2.75, 3.05) is 10.8 Å². The lowest BCUT2D eigenvalue weighted by Crippen LogP contribution is -2.53. The predicted molar refractivity (Wildman–Crippen MR) is 164 cm³/mol. The van der Waals surface area contributed by atoms with Crippen molar-refractivity contribution in [3.05, 3.63) is 93.2 Å². The number of anilines is 1. The summed E-state index contributed by atoms with van der Waals surface area (Å²) in [5.41, 5.74) is 0.404. The Bertz CT molecular complexity index is 1520. The molecule has 1 fully saturated rings. The molecule has 1 unspecified atom stereocenters. The molecule has 7 nitrogen and oxygen atoms in total. The molecule has 1 aliphatic rings. The lowest BCUT2D eigenvalue weighted by molar-refractivity contribution is -0.140. The zero-order valence-electron chi connectivity index (χ0n) is 22.9. The van der Waals surface area contributed by atoms with Crippen LogP contribution in [0.15, 0.2) is 71.6 Å². The van der Waals surface area contributed by atoms with Crippen LogP contribution >= 0.6 is 34.8 Å². The number of hydrogen-bond donors (Lipinski definition) is 1. The maximum Gasteiger partial charge on any atom is 0.264 e. The van der Waals surface area contributed by atoms with E-state index in [0.29, 0.717) is 15.6 Å². The third kappa shape index (κ3) is 7.37. The van der Waals surface area contributed by atoms with Crippen LogP contribution in [-0.2, 0) is 26.2 Å². The Morgan fingerprint density at radius 3 is 2.19 bits per heavy atom. The normalized spacial score (nSPS) is 14.4. The molecule has 0 heterocycles. The Balaban J connectivity index is 1.76. The first-order valence-electron chi connectivity index (χ1n) is 13.6. The minimum atomic E-state index is -4.32. The number of sulfonamides is 1. The Labute approximate surface area is 260 Å². The highest BCUT2D eigenvalue weighted by atomic mass is 35.5. The van der Waals surface area contributed by atoms with Crippen LogP contribution in [0.25, 0.3) is 0 Å². The smallest absolute Gasteiger partial charge is 0.264 e. The van der Waals surface area contributed by atoms with E-state index in [4.69, 9.17) is 34.8 Å². The maximum absolute atomic E-state index is 14.2. The van der Waals surface area contributed by atoms with E-state index in [2.05, 4.69) is 5.32 Å². The lowest BCUT2D eigenvalue weighted by Gasteiger charge is -2.34. The fourth-order valence-corrected chi connectivity index (χ4v) is 7.15. The number of benzene rings is 3. The standard InChI is InChI=1S/C30H31Cl3FN3O4S/c1-2-28(30(39)35-20-9-6-7-10-20)36(18-23-24(31)13-8-14-25(23)32)29(38)19-37(21-15-16-27(34)26(33)17-21)42(40,41)22-11-4-3-5-12-22/h3-5,8,11-17,20,28H,2,6-7,9-10,18-19H2,1H3,(H,35,39). The molecule has 42 heavy (non-hydrogen) atoms. The van der Waals surface area contributed by atoms with Crippen molar-refractivity contribution in [3.63, 3.8) is 0 Å². The quantitative estimate of drug-likeness (QED) is 0.245. The van der Waals surface area contributed by atoms with Crippen molar-refractivity contribution in [1.82, 2.24) is 10.2 Å². The SMILES string of the molecule is CCC(C(=O)NC1CCCC1)N(Cc1c(Cl)cccc1Cl)C(=O)CN(c1ccc(F)c(Cl)c1)S(=O)(=O)c1ccccc1. The molecule has 0 spiro atoms. The average Bonchev–Trinajstić information content (AvgIpc) is 3.48. The summed E-state index contributed by atoms with van der Waals surface area (Å²) in [4.78, 5) is 28.9. The van der Waals surface area contributed by atoms with Crippen LogP contribution in [0.4, 0.5) is 10.1 Å². The second-order valence-electron chi connectivity index (χ2n) is 10.1. The summed E-state index contributed by atoms with van der Waals surface area (Å²) >= 11 is 18.9. The second-order valence-corrected chi connectivity index (χ2v) is 13.1. The van der Waals surface area contributed by atoms with Gasteiger partial charge in [-0.15, -0.1) is 0 Å². The zero-order valence-corrected chi connectivity index (χ0v) is 26.0. The maximum atomic E-state index is 14.2. The zero-order chi connectivity index (χ0) is 30.4. The molecule has 1 aliphatic carbocycles. The number of rotatable bonds is 11. The van der Waals surface area contributed by atoms with Gasteiger partial charge in [-0.25, -0.2) is 12.8 Å². The van der Waals surface area contributed by atoms with Gasteiger partial charge in [0, 0.05) is 28.2 Å². The number of nitrogens with zero attached hydrogens (tertiary/aromatic N) is 2. The van der Waals surface area contributed by atoms with Gasteiger partial charge in [0.15, 0.2) is 0 Å². The van der Waals surface area contributed by atoms with E-state index in [1.807, 2.05) is 0 Å². The second kappa shape index (κ2) is 14.1. The highest BCUT2D eigenvalue weighted by molar-refractivity contribution is 7.92. The van der Waals surface area contributed by atoms with Gasteiger partial charge < -0.3 is 10.2 Å². The summed E-state index contributed by atoms with van der Waals surface area (Å²) in [7, 11) is -4.32. The van der Waals surface area contributed by atoms with E-state index in [0.717, 1.165) is 42.1 Å². The van der Waals surface area contributed by atoms with Gasteiger partial charge in [-0.2, -0.15) is 0 Å². The molecule has 4 rings (SSSR count). The van der Waals surface area contributed by atoms with Gasteiger partial charge in [0.05, 0.1) is 15.6 Å². The molecular formula is C30H31Cl3FN3O4S. The van der Waals surface area contributed by atoms with Crippen LogP contribution in [0.5, 0.6) is 0 Å². The highest BCUT2D eigenvalue weighted by Crippen LogP contribution is 2.30. The molecule has 0 aliphatic heterocycles. The third-order valence-corrected chi connectivity index (χ3v) is 10.1. The van der Waals surface area contributed by atoms with Gasteiger partial charge in [0.25, 0.3) is 10.0 Å². The molecule has 1 atom stereocenters. The van der Waals surface area contributed by atoms with Crippen molar-refractivity contribution in [2.24, 2.45) is 0 Å².